The second-order valence-corrected chi connectivity index (χ2v) is 8.28. The number of piperidine rings is 2. The molecule has 8 heteroatoms. The minimum atomic E-state index is 0.799. The molecule has 0 N–H and O–H groups in total. The van der Waals surface area contributed by atoms with Gasteiger partial charge in [0.25, 0.3) is 0 Å². The van der Waals surface area contributed by atoms with Crippen LogP contribution in [0.15, 0.2) is 0 Å². The molecule has 0 bridgehead atoms. The fourth-order valence-corrected chi connectivity index (χ4v) is 4.06. The quantitative estimate of drug-likeness (QED) is 0.797. The largest absolute Gasteiger partial charge is 0.361 e. The molecule has 4 heterocycles. The van der Waals surface area contributed by atoms with Gasteiger partial charge in [-0.05, 0) is 38.5 Å². The van der Waals surface area contributed by atoms with E-state index in [4.69, 9.17) is 19.9 Å². The molecular weight excluding hydrogens is 352 g/mol. The zero-order chi connectivity index (χ0) is 19.7. The van der Waals surface area contributed by atoms with Crippen molar-refractivity contribution < 1.29 is 0 Å². The molecule has 0 atom stereocenters. The van der Waals surface area contributed by atoms with Crippen molar-refractivity contribution in [3.05, 3.63) is 0 Å². The highest BCUT2D eigenvalue weighted by atomic mass is 15.3. The van der Waals surface area contributed by atoms with E-state index in [0.717, 1.165) is 60.7 Å². The molecule has 2 aromatic rings. The van der Waals surface area contributed by atoms with Gasteiger partial charge in [-0.25, -0.2) is 9.97 Å². The first-order valence-electron chi connectivity index (χ1n) is 10.5. The Balaban J connectivity index is 1.88. The third-order valence-corrected chi connectivity index (χ3v) is 5.61. The summed E-state index contributed by atoms with van der Waals surface area (Å²) in [6, 6.07) is 0. The smallest absolute Gasteiger partial charge is 0.228 e. The Morgan fingerprint density at radius 1 is 0.536 bits per heavy atom. The van der Waals surface area contributed by atoms with Crippen LogP contribution >= 0.6 is 0 Å². The lowest BCUT2D eigenvalue weighted by Gasteiger charge is -2.30. The summed E-state index contributed by atoms with van der Waals surface area (Å²) in [6.45, 7) is 4.07. The zero-order valence-electron chi connectivity index (χ0n) is 17.6. The Hall–Kier alpha value is -2.38. The fourth-order valence-electron chi connectivity index (χ4n) is 4.06. The van der Waals surface area contributed by atoms with E-state index in [9.17, 15) is 0 Å². The lowest BCUT2D eigenvalue weighted by Crippen LogP contribution is -2.33. The van der Waals surface area contributed by atoms with E-state index in [1.807, 2.05) is 38.0 Å². The molecule has 2 aromatic heterocycles. The first-order valence-corrected chi connectivity index (χ1v) is 10.5. The van der Waals surface area contributed by atoms with E-state index in [0.29, 0.717) is 0 Å². The van der Waals surface area contributed by atoms with Gasteiger partial charge in [-0.3, -0.25) is 0 Å². The van der Waals surface area contributed by atoms with Crippen LogP contribution in [0.1, 0.15) is 38.5 Å². The van der Waals surface area contributed by atoms with E-state index in [1.165, 1.54) is 38.5 Å². The number of hydrogen-bond donors (Lipinski definition) is 0. The minimum Gasteiger partial charge on any atom is -0.361 e. The van der Waals surface area contributed by atoms with E-state index in [2.05, 4.69) is 9.80 Å². The average molecular weight is 385 g/mol. The predicted molar refractivity (Wildman–Crippen MR) is 116 cm³/mol. The van der Waals surface area contributed by atoms with Crippen LogP contribution in [-0.2, 0) is 0 Å². The van der Waals surface area contributed by atoms with E-state index in [-0.39, 0.29) is 0 Å². The highest BCUT2D eigenvalue weighted by Crippen LogP contribution is 2.32. The van der Waals surface area contributed by atoms with Crippen molar-refractivity contribution in [2.24, 2.45) is 0 Å². The summed E-state index contributed by atoms with van der Waals surface area (Å²) in [6.07, 6.45) is 7.37. The van der Waals surface area contributed by atoms with Gasteiger partial charge in [0.15, 0.2) is 11.6 Å². The van der Waals surface area contributed by atoms with Crippen molar-refractivity contribution in [1.29, 1.82) is 0 Å². The molecule has 0 aliphatic carbocycles. The highest BCUT2D eigenvalue weighted by Gasteiger charge is 2.23. The third kappa shape index (κ3) is 3.64. The van der Waals surface area contributed by atoms with Gasteiger partial charge in [-0.1, -0.05) is 0 Å². The molecule has 2 aliphatic rings. The summed E-state index contributed by atoms with van der Waals surface area (Å²) in [5.74, 6) is 3.34. The molecule has 4 rings (SSSR count). The molecule has 0 radical (unpaired) electrons. The molecule has 2 saturated heterocycles. The number of rotatable bonds is 4. The van der Waals surface area contributed by atoms with Gasteiger partial charge in [0, 0.05) is 54.4 Å². The summed E-state index contributed by atoms with van der Waals surface area (Å²) < 4.78 is 0. The van der Waals surface area contributed by atoms with Crippen molar-refractivity contribution in [3.63, 3.8) is 0 Å². The average Bonchev–Trinajstić information content (AvgIpc) is 2.73. The van der Waals surface area contributed by atoms with Gasteiger partial charge in [0.05, 0.1) is 0 Å². The third-order valence-electron chi connectivity index (χ3n) is 5.61. The number of hydrogen-bond acceptors (Lipinski definition) is 8. The normalized spacial score (nSPS) is 17.9. The van der Waals surface area contributed by atoms with Gasteiger partial charge in [0.1, 0.15) is 11.0 Å². The van der Waals surface area contributed by atoms with Crippen molar-refractivity contribution in [2.75, 3.05) is 74.0 Å². The Morgan fingerprint density at radius 3 is 1.21 bits per heavy atom. The fraction of sp³-hybridized carbons (Fsp3) is 0.700. The molecule has 0 aromatic carbocycles. The molecule has 0 saturated carbocycles. The second-order valence-electron chi connectivity index (χ2n) is 8.28. The summed E-state index contributed by atoms with van der Waals surface area (Å²) in [7, 11) is 8.11. The maximum atomic E-state index is 4.95. The number of anilines is 4. The van der Waals surface area contributed by atoms with Crippen LogP contribution in [0.5, 0.6) is 0 Å². The maximum absolute atomic E-state index is 4.95. The van der Waals surface area contributed by atoms with Crippen molar-refractivity contribution in [3.8, 4) is 0 Å². The lowest BCUT2D eigenvalue weighted by atomic mass is 10.1. The molecule has 152 valence electrons. The monoisotopic (exact) mass is 384 g/mol. The summed E-state index contributed by atoms with van der Waals surface area (Å²) in [5, 5.41) is 0. The van der Waals surface area contributed by atoms with Crippen molar-refractivity contribution in [1.82, 2.24) is 19.9 Å². The van der Waals surface area contributed by atoms with Crippen molar-refractivity contribution in [2.45, 2.75) is 38.5 Å². The molecule has 0 spiro atoms. The molecule has 8 nitrogen and oxygen atoms in total. The molecule has 0 amide bonds. The van der Waals surface area contributed by atoms with Gasteiger partial charge in [-0.15, -0.1) is 0 Å². The second kappa shape index (κ2) is 7.93. The predicted octanol–water partition coefficient (Wildman–Crippen LogP) is 2.53. The highest BCUT2D eigenvalue weighted by molar-refractivity contribution is 5.94. The molecule has 2 fully saturated rings. The van der Waals surface area contributed by atoms with Gasteiger partial charge >= 0.3 is 0 Å². The van der Waals surface area contributed by atoms with Gasteiger partial charge in [0.2, 0.25) is 11.9 Å². The van der Waals surface area contributed by atoms with Crippen LogP contribution in [0.4, 0.5) is 23.5 Å². The minimum absolute atomic E-state index is 0.799. The maximum Gasteiger partial charge on any atom is 0.228 e. The summed E-state index contributed by atoms with van der Waals surface area (Å²) >= 11 is 0. The van der Waals surface area contributed by atoms with Crippen molar-refractivity contribution >= 4 is 34.6 Å². The van der Waals surface area contributed by atoms with Crippen LogP contribution < -0.4 is 19.6 Å². The van der Waals surface area contributed by atoms with Crippen LogP contribution in [0.25, 0.3) is 11.0 Å². The first kappa shape index (κ1) is 19.0. The SMILES string of the molecule is CN(C)c1nc(N2CCCCC2)nc2c(N(C)C)nc(N3CCCCC3)nc12. The van der Waals surface area contributed by atoms with E-state index >= 15 is 0 Å². The van der Waals surface area contributed by atoms with Crippen LogP contribution in [0.3, 0.4) is 0 Å². The Labute approximate surface area is 167 Å². The van der Waals surface area contributed by atoms with E-state index in [1.54, 1.807) is 0 Å². The van der Waals surface area contributed by atoms with Gasteiger partial charge in [-0.2, -0.15) is 9.97 Å². The van der Waals surface area contributed by atoms with Crippen LogP contribution in [0, 0.1) is 0 Å². The lowest BCUT2D eigenvalue weighted by molar-refractivity contribution is 0.567. The van der Waals surface area contributed by atoms with Crippen LogP contribution in [0.2, 0.25) is 0 Å². The standard InChI is InChI=1S/C20H32N8/c1-25(2)17-15-16(22-19(23-17)27-11-7-5-8-12-27)18(26(3)4)24-20(21-15)28-13-9-6-10-14-28/h5-14H2,1-4H3. The zero-order valence-corrected chi connectivity index (χ0v) is 17.6. The molecule has 2 aliphatic heterocycles. The Morgan fingerprint density at radius 2 is 0.893 bits per heavy atom. The van der Waals surface area contributed by atoms with E-state index < -0.39 is 0 Å². The number of aromatic nitrogens is 4. The Kier molecular flexibility index (Phi) is 5.37. The molecule has 28 heavy (non-hydrogen) atoms. The number of nitrogens with zero attached hydrogens (tertiary/aromatic N) is 8. The van der Waals surface area contributed by atoms with Crippen LogP contribution in [-0.4, -0.2) is 74.3 Å². The summed E-state index contributed by atoms with van der Waals surface area (Å²) in [5.41, 5.74) is 1.68. The first-order chi connectivity index (χ1) is 13.5. The number of fused-ring (bicyclic) bond motifs is 1. The molecule has 0 unspecified atom stereocenters. The topological polar surface area (TPSA) is 64.5 Å². The summed E-state index contributed by atoms with van der Waals surface area (Å²) in [4.78, 5) is 28.4. The molecular formula is C20H32N8. The Bertz CT molecular complexity index is 753. The van der Waals surface area contributed by atoms with Gasteiger partial charge < -0.3 is 19.6 Å².